The minimum Gasteiger partial charge on any atom is -0.415 e. The fraction of sp³-hybridized carbons (Fsp3) is 0.333. The standard InChI is InChI=1S/C21H18F4N4O/c22-15-3-5-16(6-4-15)29-11-21(12-29)9-28(10-21)8-14-2-1-13(7-17(14)23)19-26-27-20(30-19)18(24)25/h1-7,18H,8-12H2. The van der Waals surface area contributed by atoms with E-state index < -0.39 is 18.1 Å². The molecule has 30 heavy (non-hydrogen) atoms. The van der Waals surface area contributed by atoms with Gasteiger partial charge in [0, 0.05) is 55.0 Å². The Balaban J connectivity index is 1.17. The zero-order chi connectivity index (χ0) is 20.9. The maximum atomic E-state index is 14.5. The monoisotopic (exact) mass is 418 g/mol. The molecule has 2 aromatic carbocycles. The predicted molar refractivity (Wildman–Crippen MR) is 101 cm³/mol. The van der Waals surface area contributed by atoms with Crippen LogP contribution in [0.3, 0.4) is 0 Å². The van der Waals surface area contributed by atoms with Gasteiger partial charge in [-0.15, -0.1) is 10.2 Å². The lowest BCUT2D eigenvalue weighted by Gasteiger charge is -2.61. The quantitative estimate of drug-likeness (QED) is 0.579. The van der Waals surface area contributed by atoms with Gasteiger partial charge in [0.25, 0.3) is 5.89 Å². The van der Waals surface area contributed by atoms with Gasteiger partial charge in [0.15, 0.2) is 0 Å². The Bertz CT molecular complexity index is 1060. The molecule has 0 radical (unpaired) electrons. The fourth-order valence-corrected chi connectivity index (χ4v) is 4.30. The zero-order valence-corrected chi connectivity index (χ0v) is 15.9. The van der Waals surface area contributed by atoms with Crippen molar-refractivity contribution in [2.75, 3.05) is 31.1 Å². The van der Waals surface area contributed by atoms with Gasteiger partial charge >= 0.3 is 6.43 Å². The molecule has 2 aliphatic heterocycles. The van der Waals surface area contributed by atoms with E-state index in [0.717, 1.165) is 31.9 Å². The Labute approximate surface area is 169 Å². The van der Waals surface area contributed by atoms with Gasteiger partial charge in [0.05, 0.1) is 0 Å². The summed E-state index contributed by atoms with van der Waals surface area (Å²) in [4.78, 5) is 4.38. The highest BCUT2D eigenvalue weighted by Gasteiger charge is 2.51. The van der Waals surface area contributed by atoms with Crippen LogP contribution in [0.2, 0.25) is 0 Å². The molecule has 2 fully saturated rings. The molecule has 3 aromatic rings. The second-order valence-corrected chi connectivity index (χ2v) is 8.03. The number of hydrogen-bond acceptors (Lipinski definition) is 5. The number of hydrogen-bond donors (Lipinski definition) is 0. The van der Waals surface area contributed by atoms with E-state index >= 15 is 0 Å². The zero-order valence-electron chi connectivity index (χ0n) is 15.9. The number of benzene rings is 2. The second-order valence-electron chi connectivity index (χ2n) is 8.03. The molecule has 1 aromatic heterocycles. The third-order valence-electron chi connectivity index (χ3n) is 5.68. The maximum Gasteiger partial charge on any atom is 0.314 e. The summed E-state index contributed by atoms with van der Waals surface area (Å²) in [5, 5.41) is 6.80. The molecule has 0 amide bonds. The van der Waals surface area contributed by atoms with E-state index in [2.05, 4.69) is 20.0 Å². The van der Waals surface area contributed by atoms with Crippen molar-refractivity contribution in [3.8, 4) is 11.5 Å². The van der Waals surface area contributed by atoms with E-state index in [0.29, 0.717) is 12.1 Å². The van der Waals surface area contributed by atoms with Crippen LogP contribution in [0.25, 0.3) is 11.5 Å². The number of aromatic nitrogens is 2. The molecule has 2 saturated heterocycles. The Hall–Kier alpha value is -2.94. The number of nitrogens with zero attached hydrogens (tertiary/aromatic N) is 4. The fourth-order valence-electron chi connectivity index (χ4n) is 4.30. The number of rotatable bonds is 5. The molecule has 156 valence electrons. The summed E-state index contributed by atoms with van der Waals surface area (Å²) in [5.41, 5.74) is 2.01. The van der Waals surface area contributed by atoms with Crippen molar-refractivity contribution < 1.29 is 22.0 Å². The molecule has 0 bridgehead atoms. The highest BCUT2D eigenvalue weighted by molar-refractivity contribution is 5.54. The molecule has 0 N–H and O–H groups in total. The van der Waals surface area contributed by atoms with E-state index in [1.165, 1.54) is 18.2 Å². The average molecular weight is 418 g/mol. The summed E-state index contributed by atoms with van der Waals surface area (Å²) in [5.74, 6) is -1.60. The molecule has 5 rings (SSSR count). The molecule has 0 unspecified atom stereocenters. The summed E-state index contributed by atoms with van der Waals surface area (Å²) in [7, 11) is 0. The van der Waals surface area contributed by atoms with Crippen LogP contribution in [-0.4, -0.2) is 41.3 Å². The first-order valence-electron chi connectivity index (χ1n) is 9.54. The molecule has 0 saturated carbocycles. The predicted octanol–water partition coefficient (Wildman–Crippen LogP) is 4.27. The minimum atomic E-state index is -2.86. The van der Waals surface area contributed by atoms with Crippen LogP contribution < -0.4 is 4.90 Å². The van der Waals surface area contributed by atoms with E-state index in [4.69, 9.17) is 4.42 Å². The van der Waals surface area contributed by atoms with Gasteiger partial charge in [-0.05, 0) is 36.4 Å². The van der Waals surface area contributed by atoms with E-state index in [1.54, 1.807) is 24.3 Å². The van der Waals surface area contributed by atoms with Gasteiger partial charge in [0.2, 0.25) is 5.89 Å². The van der Waals surface area contributed by atoms with E-state index in [9.17, 15) is 17.6 Å². The minimum absolute atomic E-state index is 0.131. The lowest BCUT2D eigenvalue weighted by atomic mass is 9.72. The Kier molecular flexibility index (Phi) is 4.50. The molecule has 0 aliphatic carbocycles. The van der Waals surface area contributed by atoms with Gasteiger partial charge in [-0.3, -0.25) is 4.90 Å². The molecule has 1 spiro atoms. The molecule has 5 nitrogen and oxygen atoms in total. The summed E-state index contributed by atoms with van der Waals surface area (Å²) in [6, 6.07) is 10.9. The Morgan fingerprint density at radius 1 is 0.967 bits per heavy atom. The second kappa shape index (κ2) is 7.09. The third-order valence-corrected chi connectivity index (χ3v) is 5.68. The van der Waals surface area contributed by atoms with Crippen molar-refractivity contribution in [3.05, 3.63) is 65.6 Å². The SMILES string of the molecule is Fc1ccc(N2CC3(CN(Cc4ccc(-c5nnc(C(F)F)o5)cc4F)C3)C2)cc1. The van der Waals surface area contributed by atoms with Crippen LogP contribution in [0.5, 0.6) is 0 Å². The summed E-state index contributed by atoms with van der Waals surface area (Å²) >= 11 is 0. The van der Waals surface area contributed by atoms with Crippen molar-refractivity contribution >= 4 is 5.69 Å². The van der Waals surface area contributed by atoms with Crippen molar-refractivity contribution in [2.24, 2.45) is 5.41 Å². The lowest BCUT2D eigenvalue weighted by Crippen LogP contribution is -2.72. The van der Waals surface area contributed by atoms with Gasteiger partial charge < -0.3 is 9.32 Å². The average Bonchev–Trinajstić information content (AvgIpc) is 3.15. The highest BCUT2D eigenvalue weighted by atomic mass is 19.3. The van der Waals surface area contributed by atoms with Crippen LogP contribution in [0.1, 0.15) is 17.9 Å². The first-order valence-corrected chi connectivity index (χ1v) is 9.54. The van der Waals surface area contributed by atoms with E-state index in [1.807, 2.05) is 0 Å². The van der Waals surface area contributed by atoms with Crippen molar-refractivity contribution in [1.29, 1.82) is 0 Å². The van der Waals surface area contributed by atoms with Crippen molar-refractivity contribution in [2.45, 2.75) is 13.0 Å². The van der Waals surface area contributed by atoms with Gasteiger partial charge in [0.1, 0.15) is 11.6 Å². The maximum absolute atomic E-state index is 14.5. The van der Waals surface area contributed by atoms with Crippen LogP contribution in [0, 0.1) is 17.0 Å². The number of likely N-dealkylation sites (tertiary alicyclic amines) is 1. The largest absolute Gasteiger partial charge is 0.415 e. The molecule has 3 heterocycles. The number of halogens is 4. The highest BCUT2D eigenvalue weighted by Crippen LogP contribution is 2.42. The normalized spacial score (nSPS) is 18.0. The summed E-state index contributed by atoms with van der Waals surface area (Å²) in [6.07, 6.45) is -2.86. The van der Waals surface area contributed by atoms with Crippen molar-refractivity contribution in [3.63, 3.8) is 0 Å². The molecule has 2 aliphatic rings. The lowest BCUT2D eigenvalue weighted by molar-refractivity contribution is -0.0278. The third kappa shape index (κ3) is 3.43. The van der Waals surface area contributed by atoms with Gasteiger partial charge in [-0.2, -0.15) is 8.78 Å². The first kappa shape index (κ1) is 19.0. The van der Waals surface area contributed by atoms with Crippen LogP contribution in [-0.2, 0) is 6.54 Å². The summed E-state index contributed by atoms with van der Waals surface area (Å²) in [6.45, 7) is 4.01. The topological polar surface area (TPSA) is 45.4 Å². The van der Waals surface area contributed by atoms with Crippen LogP contribution in [0.4, 0.5) is 23.2 Å². The molecular formula is C21H18F4N4O. The number of alkyl halides is 2. The van der Waals surface area contributed by atoms with Crippen molar-refractivity contribution in [1.82, 2.24) is 15.1 Å². The Morgan fingerprint density at radius 2 is 1.70 bits per heavy atom. The van der Waals surface area contributed by atoms with Gasteiger partial charge in [-0.1, -0.05) is 6.07 Å². The molecule has 9 heteroatoms. The first-order chi connectivity index (χ1) is 14.4. The van der Waals surface area contributed by atoms with E-state index in [-0.39, 0.29) is 22.7 Å². The van der Waals surface area contributed by atoms with Crippen LogP contribution in [0.15, 0.2) is 46.9 Å². The molecular weight excluding hydrogens is 400 g/mol. The van der Waals surface area contributed by atoms with Crippen LogP contribution >= 0.6 is 0 Å². The van der Waals surface area contributed by atoms with Gasteiger partial charge in [-0.25, -0.2) is 8.78 Å². The smallest absolute Gasteiger partial charge is 0.314 e. The number of anilines is 1. The summed E-state index contributed by atoms with van der Waals surface area (Å²) < 4.78 is 57.6. The molecule has 0 atom stereocenters. The Morgan fingerprint density at radius 3 is 2.33 bits per heavy atom.